The zero-order valence-corrected chi connectivity index (χ0v) is 13.1. The molecule has 1 aliphatic rings. The summed E-state index contributed by atoms with van der Waals surface area (Å²) in [6.45, 7) is 4.51. The van der Waals surface area contributed by atoms with E-state index in [2.05, 4.69) is 0 Å². The molecular weight excluding hydrogens is 321 g/mol. The van der Waals surface area contributed by atoms with E-state index in [0.717, 1.165) is 12.1 Å². The van der Waals surface area contributed by atoms with Crippen LogP contribution in [-0.2, 0) is 10.0 Å². The summed E-state index contributed by atoms with van der Waals surface area (Å²) in [6.07, 6.45) is 0.689. The third kappa shape index (κ3) is 3.04. The molecule has 2 rings (SSSR count). The van der Waals surface area contributed by atoms with Crippen LogP contribution in [-0.4, -0.2) is 36.9 Å². The van der Waals surface area contributed by atoms with Crippen LogP contribution in [0.1, 0.15) is 30.6 Å². The molecule has 0 atom stereocenters. The molecule has 8 heteroatoms. The van der Waals surface area contributed by atoms with Gasteiger partial charge in [-0.15, -0.1) is 0 Å². The number of carboxylic acid groups (broad SMARTS) is 1. The zero-order valence-electron chi connectivity index (χ0n) is 11.6. The molecule has 116 valence electrons. The van der Waals surface area contributed by atoms with Crippen LogP contribution in [0.15, 0.2) is 17.0 Å². The van der Waals surface area contributed by atoms with Crippen LogP contribution in [0.5, 0.6) is 0 Å². The largest absolute Gasteiger partial charge is 0.478 e. The second kappa shape index (κ2) is 5.23. The molecule has 0 aliphatic carbocycles. The molecule has 0 aromatic heterocycles. The van der Waals surface area contributed by atoms with Gasteiger partial charge in [0, 0.05) is 13.1 Å². The fraction of sp³-hybridized carbons (Fsp3) is 0.462. The van der Waals surface area contributed by atoms with E-state index in [1.54, 1.807) is 0 Å². The summed E-state index contributed by atoms with van der Waals surface area (Å²) in [5.74, 6) is -2.54. The third-order valence-corrected chi connectivity index (χ3v) is 5.72. The molecule has 1 saturated heterocycles. The van der Waals surface area contributed by atoms with Gasteiger partial charge in [0.1, 0.15) is 5.82 Å². The van der Waals surface area contributed by atoms with Crippen LogP contribution in [0, 0.1) is 11.2 Å². The van der Waals surface area contributed by atoms with Crippen molar-refractivity contribution in [3.8, 4) is 0 Å². The lowest BCUT2D eigenvalue weighted by Gasteiger charge is -2.20. The monoisotopic (exact) mass is 335 g/mol. The van der Waals surface area contributed by atoms with Gasteiger partial charge in [0.2, 0.25) is 10.0 Å². The molecular formula is C13H15ClFNO4S. The van der Waals surface area contributed by atoms with E-state index in [9.17, 15) is 17.6 Å². The number of hydrogen-bond acceptors (Lipinski definition) is 3. The first-order valence-corrected chi connectivity index (χ1v) is 8.09. The number of nitrogens with zero attached hydrogens (tertiary/aromatic N) is 1. The standard InChI is InChI=1S/C13H15ClFNO4S/c1-13(2)3-4-16(7-13)21(19,20)8-5-9(12(17)18)11(14)10(15)6-8/h5-6H,3-4,7H2,1-2H3,(H,17,18). The minimum atomic E-state index is -3.93. The summed E-state index contributed by atoms with van der Waals surface area (Å²) in [5.41, 5.74) is -0.720. The highest BCUT2D eigenvalue weighted by Crippen LogP contribution is 2.34. The summed E-state index contributed by atoms with van der Waals surface area (Å²) in [4.78, 5) is 10.6. The van der Waals surface area contributed by atoms with Crippen LogP contribution in [0.3, 0.4) is 0 Å². The minimum absolute atomic E-state index is 0.159. The highest BCUT2D eigenvalue weighted by atomic mass is 35.5. The van der Waals surface area contributed by atoms with Gasteiger partial charge in [-0.25, -0.2) is 17.6 Å². The van der Waals surface area contributed by atoms with Gasteiger partial charge in [-0.05, 0) is 24.0 Å². The molecule has 1 N–H and O–H groups in total. The lowest BCUT2D eigenvalue weighted by atomic mass is 9.93. The Morgan fingerprint density at radius 2 is 2.05 bits per heavy atom. The van der Waals surface area contributed by atoms with Crippen molar-refractivity contribution in [3.63, 3.8) is 0 Å². The van der Waals surface area contributed by atoms with E-state index in [4.69, 9.17) is 16.7 Å². The van der Waals surface area contributed by atoms with Crippen LogP contribution < -0.4 is 0 Å². The van der Waals surface area contributed by atoms with Crippen molar-refractivity contribution in [1.82, 2.24) is 4.31 Å². The predicted octanol–water partition coefficient (Wildman–Crippen LogP) is 2.60. The number of halogens is 2. The number of carbonyl (C=O) groups is 1. The number of benzene rings is 1. The molecule has 1 heterocycles. The van der Waals surface area contributed by atoms with Crippen LogP contribution in [0.2, 0.25) is 5.02 Å². The molecule has 0 radical (unpaired) electrons. The summed E-state index contributed by atoms with van der Waals surface area (Å²) in [6, 6.07) is 1.66. The Morgan fingerprint density at radius 3 is 2.52 bits per heavy atom. The average Bonchev–Trinajstić information content (AvgIpc) is 2.73. The molecule has 0 amide bonds. The van der Waals surface area contributed by atoms with Crippen molar-refractivity contribution in [1.29, 1.82) is 0 Å². The second-order valence-corrected chi connectivity index (χ2v) is 8.14. The lowest BCUT2D eigenvalue weighted by molar-refractivity contribution is 0.0696. The Balaban J connectivity index is 2.49. The van der Waals surface area contributed by atoms with Crippen LogP contribution >= 0.6 is 11.6 Å². The number of carboxylic acids is 1. The van der Waals surface area contributed by atoms with Gasteiger partial charge < -0.3 is 5.11 Å². The van der Waals surface area contributed by atoms with Gasteiger partial charge in [-0.1, -0.05) is 25.4 Å². The van der Waals surface area contributed by atoms with Gasteiger partial charge >= 0.3 is 5.97 Å². The minimum Gasteiger partial charge on any atom is -0.478 e. The summed E-state index contributed by atoms with van der Waals surface area (Å²) in [5, 5.41) is 8.37. The zero-order chi connectivity index (χ0) is 16.0. The van der Waals surface area contributed by atoms with Crippen LogP contribution in [0.25, 0.3) is 0 Å². The second-order valence-electron chi connectivity index (χ2n) is 5.82. The van der Waals surface area contributed by atoms with E-state index in [1.165, 1.54) is 4.31 Å². The molecule has 0 unspecified atom stereocenters. The van der Waals surface area contributed by atoms with Gasteiger partial charge in [0.05, 0.1) is 15.5 Å². The van der Waals surface area contributed by atoms with Crippen molar-refractivity contribution >= 4 is 27.6 Å². The first-order valence-electron chi connectivity index (χ1n) is 6.27. The van der Waals surface area contributed by atoms with E-state index in [-0.39, 0.29) is 10.3 Å². The lowest BCUT2D eigenvalue weighted by Crippen LogP contribution is -2.30. The van der Waals surface area contributed by atoms with E-state index >= 15 is 0 Å². The maximum Gasteiger partial charge on any atom is 0.337 e. The van der Waals surface area contributed by atoms with E-state index < -0.39 is 32.4 Å². The normalized spacial score (nSPS) is 18.9. The first kappa shape index (κ1) is 16.2. The number of hydrogen-bond donors (Lipinski definition) is 1. The highest BCUT2D eigenvalue weighted by molar-refractivity contribution is 7.89. The van der Waals surface area contributed by atoms with Crippen molar-refractivity contribution < 1.29 is 22.7 Å². The molecule has 1 aromatic rings. The van der Waals surface area contributed by atoms with E-state index in [1.807, 2.05) is 13.8 Å². The highest BCUT2D eigenvalue weighted by Gasteiger charge is 2.37. The number of rotatable bonds is 3. The van der Waals surface area contributed by atoms with Crippen molar-refractivity contribution in [2.75, 3.05) is 13.1 Å². The molecule has 5 nitrogen and oxygen atoms in total. The van der Waals surface area contributed by atoms with Gasteiger partial charge in [0.15, 0.2) is 0 Å². The smallest absolute Gasteiger partial charge is 0.337 e. The van der Waals surface area contributed by atoms with Crippen molar-refractivity contribution in [2.24, 2.45) is 5.41 Å². The molecule has 21 heavy (non-hydrogen) atoms. The predicted molar refractivity (Wildman–Crippen MR) is 75.5 cm³/mol. The average molecular weight is 336 g/mol. The fourth-order valence-electron chi connectivity index (χ4n) is 2.29. The number of sulfonamides is 1. The molecule has 0 bridgehead atoms. The molecule has 1 fully saturated rings. The molecule has 1 aliphatic heterocycles. The SMILES string of the molecule is CC1(C)CCN(S(=O)(=O)c2cc(F)c(Cl)c(C(=O)O)c2)C1. The van der Waals surface area contributed by atoms with Gasteiger partial charge in [-0.3, -0.25) is 0 Å². The topological polar surface area (TPSA) is 74.7 Å². The molecule has 0 spiro atoms. The Kier molecular flexibility index (Phi) is 4.03. The Bertz CT molecular complexity index is 702. The number of aromatic carboxylic acids is 1. The maximum absolute atomic E-state index is 13.7. The Morgan fingerprint density at radius 1 is 1.43 bits per heavy atom. The fourth-order valence-corrected chi connectivity index (χ4v) is 4.14. The quantitative estimate of drug-likeness (QED) is 0.921. The Labute approximate surface area is 127 Å². The summed E-state index contributed by atoms with van der Waals surface area (Å²) < 4.78 is 39.9. The van der Waals surface area contributed by atoms with E-state index in [0.29, 0.717) is 19.5 Å². The van der Waals surface area contributed by atoms with Gasteiger partial charge in [0.25, 0.3) is 0 Å². The van der Waals surface area contributed by atoms with Crippen LogP contribution in [0.4, 0.5) is 4.39 Å². The summed E-state index contributed by atoms with van der Waals surface area (Å²) in [7, 11) is -3.93. The third-order valence-electron chi connectivity index (χ3n) is 3.51. The molecule has 0 saturated carbocycles. The summed E-state index contributed by atoms with van der Waals surface area (Å²) >= 11 is 5.55. The van der Waals surface area contributed by atoms with Crippen molar-refractivity contribution in [2.45, 2.75) is 25.2 Å². The Hall–Kier alpha value is -1.18. The maximum atomic E-state index is 13.7. The van der Waals surface area contributed by atoms with Gasteiger partial charge in [-0.2, -0.15) is 4.31 Å². The first-order chi connectivity index (χ1) is 9.54. The van der Waals surface area contributed by atoms with Crippen molar-refractivity contribution in [3.05, 3.63) is 28.5 Å². The molecule has 1 aromatic carbocycles.